The lowest BCUT2D eigenvalue weighted by Gasteiger charge is -2.17. The number of hydrogen-bond acceptors (Lipinski definition) is 4. The highest BCUT2D eigenvalue weighted by Gasteiger charge is 2.14. The maximum absolute atomic E-state index is 13.0. The Hall–Kier alpha value is -3.21. The molecular formula is C27H31FO4. The summed E-state index contributed by atoms with van der Waals surface area (Å²) < 4.78 is 23.9. The molecule has 2 rings (SSSR count). The Morgan fingerprint density at radius 3 is 2.34 bits per heavy atom. The van der Waals surface area contributed by atoms with E-state index in [9.17, 15) is 14.0 Å². The molecule has 0 bridgehead atoms. The fraction of sp³-hybridized carbons (Fsp3) is 0.333. The highest BCUT2D eigenvalue weighted by Crippen LogP contribution is 2.23. The molecular weight excluding hydrogens is 407 g/mol. The van der Waals surface area contributed by atoms with Gasteiger partial charge in [-0.25, -0.2) is 9.18 Å². The Labute approximate surface area is 189 Å². The molecule has 0 aliphatic heterocycles. The van der Waals surface area contributed by atoms with E-state index >= 15 is 0 Å². The second-order valence-electron chi connectivity index (χ2n) is 8.82. The average Bonchev–Trinajstić information content (AvgIpc) is 2.70. The second-order valence-corrected chi connectivity index (χ2v) is 8.82. The maximum atomic E-state index is 13.0. The summed E-state index contributed by atoms with van der Waals surface area (Å²) in [5, 5.41) is 0. The summed E-state index contributed by atoms with van der Waals surface area (Å²) >= 11 is 0. The van der Waals surface area contributed by atoms with E-state index in [1.54, 1.807) is 30.3 Å². The van der Waals surface area contributed by atoms with Gasteiger partial charge in [0.1, 0.15) is 17.2 Å². The summed E-state index contributed by atoms with van der Waals surface area (Å²) in [7, 11) is 0. The molecule has 0 aliphatic rings. The van der Waals surface area contributed by atoms with Gasteiger partial charge in [-0.15, -0.1) is 0 Å². The third kappa shape index (κ3) is 9.29. The van der Waals surface area contributed by atoms with Crippen molar-refractivity contribution in [1.82, 2.24) is 0 Å². The fourth-order valence-corrected chi connectivity index (χ4v) is 2.85. The van der Waals surface area contributed by atoms with Gasteiger partial charge in [-0.05, 0) is 94.5 Å². The summed E-state index contributed by atoms with van der Waals surface area (Å²) in [6.45, 7) is 9.45. The van der Waals surface area contributed by atoms with Crippen molar-refractivity contribution in [2.24, 2.45) is 0 Å². The van der Waals surface area contributed by atoms with E-state index in [2.05, 4.69) is 0 Å². The molecule has 0 amide bonds. The molecule has 0 aromatic heterocycles. The van der Waals surface area contributed by atoms with Gasteiger partial charge < -0.3 is 9.47 Å². The molecule has 0 unspecified atom stereocenters. The summed E-state index contributed by atoms with van der Waals surface area (Å²) in [6.07, 6.45) is 6.37. The maximum Gasteiger partial charge on any atom is 0.331 e. The molecule has 0 aliphatic carbocycles. The number of aryl methyl sites for hydroxylation is 1. The van der Waals surface area contributed by atoms with Crippen molar-refractivity contribution in [3.8, 4) is 5.75 Å². The number of hydrogen-bond donors (Lipinski definition) is 0. The number of rotatable bonds is 8. The molecule has 0 heterocycles. The molecule has 32 heavy (non-hydrogen) atoms. The summed E-state index contributed by atoms with van der Waals surface area (Å²) in [5.74, 6) is -0.591. The number of esters is 2. The number of halogens is 1. The average molecular weight is 439 g/mol. The predicted molar refractivity (Wildman–Crippen MR) is 125 cm³/mol. The van der Waals surface area contributed by atoms with E-state index in [0.717, 1.165) is 22.3 Å². The van der Waals surface area contributed by atoms with Gasteiger partial charge in [0, 0.05) is 12.5 Å². The first-order valence-corrected chi connectivity index (χ1v) is 10.6. The number of carbonyl (C=O) groups is 2. The van der Waals surface area contributed by atoms with Gasteiger partial charge >= 0.3 is 11.9 Å². The van der Waals surface area contributed by atoms with Crippen LogP contribution in [0.15, 0.2) is 60.2 Å². The van der Waals surface area contributed by atoms with E-state index < -0.39 is 11.6 Å². The number of ether oxygens (including phenoxy) is 2. The van der Waals surface area contributed by atoms with Gasteiger partial charge in [-0.2, -0.15) is 0 Å². The van der Waals surface area contributed by atoms with Gasteiger partial charge in [-0.1, -0.05) is 29.8 Å². The molecule has 170 valence electrons. The summed E-state index contributed by atoms with van der Waals surface area (Å²) in [6, 6.07) is 11.5. The van der Waals surface area contributed by atoms with E-state index in [1.807, 2.05) is 46.8 Å². The molecule has 0 atom stereocenters. The molecule has 0 radical (unpaired) electrons. The lowest BCUT2D eigenvalue weighted by Crippen LogP contribution is -2.22. The van der Waals surface area contributed by atoms with Crippen LogP contribution < -0.4 is 4.74 Å². The largest absolute Gasteiger partial charge is 0.457 e. The van der Waals surface area contributed by atoms with Gasteiger partial charge in [0.2, 0.25) is 0 Å². The molecule has 0 fully saturated rings. The standard InChI is InChI=1S/C27H31FO4/c1-19(2)6-12-22-18-21(11-17-26(30)32-27(3,4)5)9-15-24(22)31-25(29)16-10-20-7-13-23(28)14-8-20/h6-9,11,13-15,17-18H,10,12,16H2,1-5H3/b17-11+. The first-order valence-electron chi connectivity index (χ1n) is 10.6. The van der Waals surface area contributed by atoms with Crippen LogP contribution in [0.4, 0.5) is 4.39 Å². The zero-order valence-corrected chi connectivity index (χ0v) is 19.4. The topological polar surface area (TPSA) is 52.6 Å². The number of benzene rings is 2. The quantitative estimate of drug-likeness (QED) is 0.212. The molecule has 5 heteroatoms. The van der Waals surface area contributed by atoms with Gasteiger partial charge in [0.25, 0.3) is 0 Å². The van der Waals surface area contributed by atoms with Crippen LogP contribution in [0.2, 0.25) is 0 Å². The van der Waals surface area contributed by atoms with Crippen molar-refractivity contribution in [2.45, 2.75) is 59.5 Å². The van der Waals surface area contributed by atoms with Crippen LogP contribution in [0.25, 0.3) is 6.08 Å². The van der Waals surface area contributed by atoms with Crippen LogP contribution in [0.1, 0.15) is 57.7 Å². The number of allylic oxidation sites excluding steroid dienone is 2. The van der Waals surface area contributed by atoms with Crippen LogP contribution in [0.3, 0.4) is 0 Å². The van der Waals surface area contributed by atoms with E-state index in [0.29, 0.717) is 18.6 Å². The summed E-state index contributed by atoms with van der Waals surface area (Å²) in [5.41, 5.74) is 3.11. The molecule has 0 saturated heterocycles. The molecule has 2 aromatic rings. The van der Waals surface area contributed by atoms with E-state index in [1.165, 1.54) is 18.2 Å². The minimum atomic E-state index is -0.554. The molecule has 4 nitrogen and oxygen atoms in total. The van der Waals surface area contributed by atoms with Crippen molar-refractivity contribution < 1.29 is 23.5 Å². The first-order chi connectivity index (χ1) is 15.0. The lowest BCUT2D eigenvalue weighted by molar-refractivity contribution is -0.148. The van der Waals surface area contributed by atoms with E-state index in [4.69, 9.17) is 9.47 Å². The Morgan fingerprint density at radius 2 is 1.72 bits per heavy atom. The SMILES string of the molecule is CC(C)=CCc1cc(/C=C/C(=O)OC(C)(C)C)ccc1OC(=O)CCc1ccc(F)cc1. The predicted octanol–water partition coefficient (Wildman–Crippen LogP) is 6.23. The monoisotopic (exact) mass is 438 g/mol. The smallest absolute Gasteiger partial charge is 0.331 e. The Morgan fingerprint density at radius 1 is 1.03 bits per heavy atom. The Balaban J connectivity index is 2.11. The van der Waals surface area contributed by atoms with Crippen molar-refractivity contribution in [3.63, 3.8) is 0 Å². The van der Waals surface area contributed by atoms with Gasteiger partial charge in [0.15, 0.2) is 0 Å². The third-order valence-electron chi connectivity index (χ3n) is 4.39. The first kappa shape index (κ1) is 25.1. The van der Waals surface area contributed by atoms with Crippen molar-refractivity contribution in [1.29, 1.82) is 0 Å². The highest BCUT2D eigenvalue weighted by atomic mass is 19.1. The van der Waals surface area contributed by atoms with Crippen molar-refractivity contribution >= 4 is 18.0 Å². The normalized spacial score (nSPS) is 11.3. The van der Waals surface area contributed by atoms with E-state index in [-0.39, 0.29) is 18.2 Å². The third-order valence-corrected chi connectivity index (χ3v) is 4.39. The van der Waals surface area contributed by atoms with Crippen LogP contribution >= 0.6 is 0 Å². The Bertz CT molecular complexity index is 991. The lowest BCUT2D eigenvalue weighted by atomic mass is 10.0. The zero-order chi connectivity index (χ0) is 23.7. The zero-order valence-electron chi connectivity index (χ0n) is 19.4. The fourth-order valence-electron chi connectivity index (χ4n) is 2.85. The van der Waals surface area contributed by atoms with Gasteiger partial charge in [-0.3, -0.25) is 4.79 Å². The van der Waals surface area contributed by atoms with Crippen LogP contribution in [0, 0.1) is 5.82 Å². The number of carbonyl (C=O) groups excluding carboxylic acids is 2. The molecule has 0 saturated carbocycles. The van der Waals surface area contributed by atoms with Crippen molar-refractivity contribution in [3.05, 3.63) is 82.7 Å². The van der Waals surface area contributed by atoms with Crippen LogP contribution in [-0.4, -0.2) is 17.5 Å². The van der Waals surface area contributed by atoms with Crippen LogP contribution in [-0.2, 0) is 27.2 Å². The minimum Gasteiger partial charge on any atom is -0.457 e. The Kier molecular flexibility index (Phi) is 8.94. The molecule has 2 aromatic carbocycles. The molecule has 0 N–H and O–H groups in total. The van der Waals surface area contributed by atoms with Gasteiger partial charge in [0.05, 0.1) is 0 Å². The second kappa shape index (κ2) is 11.4. The minimum absolute atomic E-state index is 0.189. The summed E-state index contributed by atoms with van der Waals surface area (Å²) in [4.78, 5) is 24.3. The highest BCUT2D eigenvalue weighted by molar-refractivity contribution is 5.87. The van der Waals surface area contributed by atoms with Crippen LogP contribution in [0.5, 0.6) is 5.75 Å². The van der Waals surface area contributed by atoms with Crippen molar-refractivity contribution in [2.75, 3.05) is 0 Å². The molecule has 0 spiro atoms.